The fourth-order valence-corrected chi connectivity index (χ4v) is 19.8. The Morgan fingerprint density at radius 1 is 0.446 bits per heavy atom. The number of nitrogens with zero attached hydrogens (tertiary/aromatic N) is 7. The molecular formula is C95H138Cl3N7O6S. The molecule has 0 amide bonds. The Morgan fingerprint density at radius 3 is 1.27 bits per heavy atom. The first-order valence-corrected chi connectivity index (χ1v) is 44.4. The first kappa shape index (κ1) is 91.5. The van der Waals surface area contributed by atoms with Gasteiger partial charge in [-0.3, -0.25) is 9.36 Å². The van der Waals surface area contributed by atoms with Crippen LogP contribution in [0.3, 0.4) is 0 Å². The second-order valence-corrected chi connectivity index (χ2v) is 34.6. The third-order valence-corrected chi connectivity index (χ3v) is 26.5. The van der Waals surface area contributed by atoms with E-state index in [-0.39, 0.29) is 59.3 Å². The van der Waals surface area contributed by atoms with E-state index in [0.717, 1.165) is 135 Å². The van der Waals surface area contributed by atoms with Crippen LogP contribution in [0.4, 0.5) is 0 Å². The zero-order valence-corrected chi connectivity index (χ0v) is 74.1. The Morgan fingerprint density at radius 2 is 0.839 bits per heavy atom. The molecule has 616 valence electrons. The van der Waals surface area contributed by atoms with E-state index in [1.54, 1.807) is 11.3 Å². The molecule has 0 N–H and O–H groups in total. The van der Waals surface area contributed by atoms with Gasteiger partial charge in [-0.15, -0.1) is 0 Å². The molecule has 17 rings (SSSR count). The van der Waals surface area contributed by atoms with E-state index in [1.807, 2.05) is 0 Å². The number of aromatic nitrogens is 5. The van der Waals surface area contributed by atoms with Gasteiger partial charge in [-0.1, -0.05) is 160 Å². The number of fused-ring (bicyclic) bond motifs is 2. The van der Waals surface area contributed by atoms with Crippen LogP contribution in [-0.4, -0.2) is 107 Å². The van der Waals surface area contributed by atoms with Crippen molar-refractivity contribution >= 4 is 22.4 Å². The average Bonchev–Trinajstić information content (AvgIpc) is 0.933. The fraction of sp³-hybridized carbons (Fsp3) is 0.611. The third-order valence-electron chi connectivity index (χ3n) is 25.7. The maximum absolute atomic E-state index is 14.5. The lowest BCUT2D eigenvalue weighted by Gasteiger charge is -2.50. The summed E-state index contributed by atoms with van der Waals surface area (Å²) in [6, 6.07) is 26.5. The summed E-state index contributed by atoms with van der Waals surface area (Å²) in [4.78, 5) is 38.1. The van der Waals surface area contributed by atoms with Crippen molar-refractivity contribution < 1.29 is 69.7 Å². The van der Waals surface area contributed by atoms with Crippen LogP contribution in [0.1, 0.15) is 288 Å². The fourth-order valence-electron chi connectivity index (χ4n) is 19.0. The lowest BCUT2D eigenvalue weighted by Crippen LogP contribution is -3.00. The van der Waals surface area contributed by atoms with Gasteiger partial charge in [0.25, 0.3) is 5.56 Å². The topological polar surface area (TPSA) is 111 Å². The standard InChI is InChI=1S/C95H138N7O6S.3ClH/c1-14-20-26-30-46-101(47-31-27-21-15-2)50-40-94(41-51-101)79-58-70(7)87(71(8)59-79)106-55-35-37-57-108-90-75(12)63-82(66-83(90)77-38-39-85-84(65-77)96-86-91(99(85)44-24-18-5)97-93(104)100(92(86)103)45-25-19-6)95(42-52-102(53-43-95,48-32-28-22-16-3)49-33-29-23-17-4)80-60-72(9)88(73(10)61-80)105-54-34-36-56-107-89-74(11)62-81(94)64-78(89)67-98-69-109-68-76(98)13;;;/h38-39,58-66,68-69H,14-37,40-57,67H2,1-13H3;3*1H/q+3;;;/p-3. The molecule has 112 heavy (non-hydrogen) atoms. The first-order valence-electron chi connectivity index (χ1n) is 43.5. The predicted octanol–water partition coefficient (Wildman–Crippen LogP) is 12.8. The van der Waals surface area contributed by atoms with Gasteiger partial charge in [0.2, 0.25) is 5.51 Å². The zero-order valence-electron chi connectivity index (χ0n) is 71.0. The molecule has 2 spiro atoms. The van der Waals surface area contributed by atoms with Gasteiger partial charge in [0.1, 0.15) is 23.0 Å². The number of hydrogen-bond acceptors (Lipinski definition) is 9. The maximum atomic E-state index is 14.5. The average molecular weight is 1610 g/mol. The van der Waals surface area contributed by atoms with Crippen molar-refractivity contribution in [3.63, 3.8) is 0 Å². The number of piperidine rings is 2. The number of likely N-dealkylation sites (tertiary alicyclic amines) is 2. The molecule has 2 fully saturated rings. The summed E-state index contributed by atoms with van der Waals surface area (Å²) in [7, 11) is 0. The number of thiazole rings is 1. The second kappa shape index (κ2) is 43.3. The Kier molecular flexibility index (Phi) is 35.4. The predicted molar refractivity (Wildman–Crippen MR) is 453 cm³/mol. The van der Waals surface area contributed by atoms with Crippen LogP contribution >= 0.6 is 11.3 Å². The minimum absolute atomic E-state index is 0. The SMILES string of the molecule is CCCCCC[N+]1(CCCCCC)CCC2(CC1)c1cc(C)c(c(C)c1)OCCCCOc1c(C)cc(cc1-c1ccc3c(c1)nc1c(=O)n(CCCC)c(=O)nc-1n3CCCC)C1(CC[N+](CCCCCC)(CCCCCC)CC1)c1cc(C)c(c(C)c1)OCCCCOc1c(C)cc2cc1C[n+]1cscc1C.[Cl-].[Cl-].[Cl-]. The molecule has 2 saturated heterocycles. The number of ether oxygens (including phenoxy) is 4. The van der Waals surface area contributed by atoms with Gasteiger partial charge in [0.15, 0.2) is 23.8 Å². The van der Waals surface area contributed by atoms with Gasteiger partial charge >= 0.3 is 5.69 Å². The summed E-state index contributed by atoms with van der Waals surface area (Å²) < 4.78 is 36.6. The van der Waals surface area contributed by atoms with Crippen molar-refractivity contribution in [1.82, 2.24) is 19.1 Å². The van der Waals surface area contributed by atoms with E-state index in [1.165, 1.54) is 217 Å². The second-order valence-electron chi connectivity index (χ2n) is 33.8. The highest BCUT2D eigenvalue weighted by Crippen LogP contribution is 2.51. The molecule has 0 aliphatic carbocycles. The van der Waals surface area contributed by atoms with Crippen molar-refractivity contribution in [1.29, 1.82) is 0 Å². The number of benzene rings is 5. The van der Waals surface area contributed by atoms with Crippen molar-refractivity contribution in [2.24, 2.45) is 0 Å². The molecule has 11 aliphatic rings. The van der Waals surface area contributed by atoms with E-state index in [2.05, 4.69) is 182 Å². The summed E-state index contributed by atoms with van der Waals surface area (Å²) in [5.41, 5.74) is 19.8. The summed E-state index contributed by atoms with van der Waals surface area (Å²) in [5.74, 6) is 4.23. The van der Waals surface area contributed by atoms with E-state index >= 15 is 0 Å². The zero-order chi connectivity index (χ0) is 77.1. The summed E-state index contributed by atoms with van der Waals surface area (Å²) in [6.45, 7) is 43.1. The molecule has 8 bridgehead atoms. The molecule has 0 radical (unpaired) electrons. The van der Waals surface area contributed by atoms with Crippen LogP contribution in [-0.2, 0) is 30.5 Å². The van der Waals surface area contributed by atoms with Gasteiger partial charge in [0.05, 0.1) is 101 Å². The molecule has 6 aromatic rings. The molecular weight excluding hydrogens is 1470 g/mol. The normalized spacial score (nSPS) is 16.2. The van der Waals surface area contributed by atoms with Crippen molar-refractivity contribution in [3.8, 4) is 45.6 Å². The quantitative estimate of drug-likeness (QED) is 0.0197. The molecule has 17 heteroatoms. The van der Waals surface area contributed by atoms with E-state index in [4.69, 9.17) is 23.9 Å². The van der Waals surface area contributed by atoms with Crippen molar-refractivity contribution in [2.45, 2.75) is 300 Å². The molecule has 12 heterocycles. The molecule has 13 nitrogen and oxygen atoms in total. The molecule has 1 aromatic heterocycles. The summed E-state index contributed by atoms with van der Waals surface area (Å²) in [5, 5.41) is 2.27. The molecule has 11 aliphatic heterocycles. The van der Waals surface area contributed by atoms with E-state index < -0.39 is 5.69 Å². The minimum atomic E-state index is -0.511. The Labute approximate surface area is 696 Å². The number of unbranched alkanes of at least 4 members (excludes halogenated alkanes) is 14. The molecule has 5 aromatic carbocycles. The number of aryl methyl sites for hydroxylation is 8. The Hall–Kier alpha value is -6.00. The van der Waals surface area contributed by atoms with Gasteiger partial charge in [-0.25, -0.2) is 9.78 Å². The van der Waals surface area contributed by atoms with Crippen LogP contribution in [0.15, 0.2) is 87.2 Å². The summed E-state index contributed by atoms with van der Waals surface area (Å²) in [6.07, 6.45) is 31.5. The van der Waals surface area contributed by atoms with Crippen LogP contribution in [0.2, 0.25) is 0 Å². The molecule has 0 unspecified atom stereocenters. The first-order chi connectivity index (χ1) is 52.9. The van der Waals surface area contributed by atoms with Crippen LogP contribution in [0, 0.1) is 48.5 Å². The van der Waals surface area contributed by atoms with Gasteiger partial charge in [-0.2, -0.15) is 9.55 Å². The summed E-state index contributed by atoms with van der Waals surface area (Å²) >= 11 is 1.77. The van der Waals surface area contributed by atoms with Crippen molar-refractivity contribution in [2.75, 3.05) is 78.8 Å². The third kappa shape index (κ3) is 21.4. The lowest BCUT2D eigenvalue weighted by atomic mass is 9.66. The highest BCUT2D eigenvalue weighted by molar-refractivity contribution is 7.07. The Bertz CT molecular complexity index is 4320. The molecule has 0 saturated carbocycles. The monoisotopic (exact) mass is 1610 g/mol. The smallest absolute Gasteiger partial charge is 0.352 e. The van der Waals surface area contributed by atoms with Gasteiger partial charge in [-0.05, 0) is 217 Å². The van der Waals surface area contributed by atoms with Crippen LogP contribution < -0.4 is 72.0 Å². The van der Waals surface area contributed by atoms with Gasteiger partial charge < -0.3 is 69.7 Å². The van der Waals surface area contributed by atoms with E-state index in [9.17, 15) is 9.59 Å². The number of rotatable bonds is 29. The van der Waals surface area contributed by atoms with Crippen LogP contribution in [0.25, 0.3) is 33.7 Å². The number of hydrogen-bond donors (Lipinski definition) is 0. The van der Waals surface area contributed by atoms with Crippen molar-refractivity contribution in [3.05, 3.63) is 165 Å². The van der Waals surface area contributed by atoms with E-state index in [0.29, 0.717) is 57.3 Å². The Balaban J connectivity index is 0.00000524. The highest BCUT2D eigenvalue weighted by Gasteiger charge is 2.48. The molecule has 0 atom stereocenters. The number of halogens is 3. The minimum Gasteiger partial charge on any atom is -1.00 e. The number of quaternary nitrogens is 2. The largest absolute Gasteiger partial charge is 1.00 e. The van der Waals surface area contributed by atoms with Crippen LogP contribution in [0.5, 0.6) is 23.0 Å². The lowest BCUT2D eigenvalue weighted by molar-refractivity contribution is -0.934. The highest BCUT2D eigenvalue weighted by atomic mass is 35.5. The van der Waals surface area contributed by atoms with Gasteiger partial charge in [0, 0.05) is 62.1 Å². The maximum Gasteiger partial charge on any atom is 0.352 e.